The SMILES string of the molecule is Cc1cccc(NC(=O)c2cc3ccc(O)cc3oc2=Nc2ccc(F)cc2)n1. The highest BCUT2D eigenvalue weighted by molar-refractivity contribution is 6.05. The molecule has 1 amide bonds. The van der Waals surface area contributed by atoms with Gasteiger partial charge in [0.15, 0.2) is 0 Å². The highest BCUT2D eigenvalue weighted by atomic mass is 19.1. The lowest BCUT2D eigenvalue weighted by Gasteiger charge is -2.07. The Bertz CT molecular complexity index is 1280. The van der Waals surface area contributed by atoms with Crippen molar-refractivity contribution in [3.63, 3.8) is 0 Å². The van der Waals surface area contributed by atoms with E-state index in [-0.39, 0.29) is 16.9 Å². The minimum atomic E-state index is -0.456. The number of rotatable bonds is 3. The molecule has 2 N–H and O–H groups in total. The van der Waals surface area contributed by atoms with Gasteiger partial charge in [-0.1, -0.05) is 6.07 Å². The second kappa shape index (κ2) is 7.55. The van der Waals surface area contributed by atoms with Gasteiger partial charge in [0.25, 0.3) is 5.91 Å². The smallest absolute Gasteiger partial charge is 0.262 e. The molecule has 0 aliphatic carbocycles. The van der Waals surface area contributed by atoms with Crippen molar-refractivity contribution in [2.75, 3.05) is 5.32 Å². The molecule has 2 aromatic carbocycles. The predicted octanol–water partition coefficient (Wildman–Crippen LogP) is 4.47. The van der Waals surface area contributed by atoms with Crippen LogP contribution in [0.3, 0.4) is 0 Å². The van der Waals surface area contributed by atoms with Crippen LogP contribution in [-0.2, 0) is 0 Å². The van der Waals surface area contributed by atoms with Gasteiger partial charge >= 0.3 is 0 Å². The van der Waals surface area contributed by atoms with Crippen molar-refractivity contribution in [2.24, 2.45) is 4.99 Å². The van der Waals surface area contributed by atoms with Crippen molar-refractivity contribution in [1.29, 1.82) is 0 Å². The Balaban J connectivity index is 1.85. The maximum atomic E-state index is 13.2. The quantitative estimate of drug-likeness (QED) is 0.541. The summed E-state index contributed by atoms with van der Waals surface area (Å²) >= 11 is 0. The molecule has 4 aromatic rings. The number of phenolic OH excluding ortho intramolecular Hbond substituents is 1. The summed E-state index contributed by atoms with van der Waals surface area (Å²) < 4.78 is 19.0. The topological polar surface area (TPSA) is 87.7 Å². The molecule has 0 aliphatic rings. The van der Waals surface area contributed by atoms with Gasteiger partial charge in [0, 0.05) is 17.1 Å². The summed E-state index contributed by atoms with van der Waals surface area (Å²) in [5, 5.41) is 13.1. The summed E-state index contributed by atoms with van der Waals surface area (Å²) in [5.41, 5.74) is 1.74. The van der Waals surface area contributed by atoms with Crippen molar-refractivity contribution in [2.45, 2.75) is 6.92 Å². The predicted molar refractivity (Wildman–Crippen MR) is 106 cm³/mol. The van der Waals surface area contributed by atoms with Gasteiger partial charge in [-0.3, -0.25) is 4.79 Å². The first-order chi connectivity index (χ1) is 14.0. The first kappa shape index (κ1) is 18.4. The molecule has 0 unspecified atom stereocenters. The Kier molecular flexibility index (Phi) is 4.78. The van der Waals surface area contributed by atoms with Gasteiger partial charge in [0.2, 0.25) is 5.55 Å². The minimum absolute atomic E-state index is 0.0233. The van der Waals surface area contributed by atoms with Gasteiger partial charge < -0.3 is 14.8 Å². The normalized spacial score (nSPS) is 11.6. The number of halogens is 1. The molecule has 0 spiro atoms. The van der Waals surface area contributed by atoms with Gasteiger partial charge in [-0.15, -0.1) is 0 Å². The molecular formula is C22H16FN3O3. The fourth-order valence-electron chi connectivity index (χ4n) is 2.78. The maximum absolute atomic E-state index is 13.2. The molecule has 2 heterocycles. The number of phenols is 1. The number of fused-ring (bicyclic) bond motifs is 1. The van der Waals surface area contributed by atoms with Crippen LogP contribution in [0.4, 0.5) is 15.9 Å². The Morgan fingerprint density at radius 3 is 2.66 bits per heavy atom. The van der Waals surface area contributed by atoms with E-state index in [4.69, 9.17) is 4.42 Å². The van der Waals surface area contributed by atoms with E-state index in [2.05, 4.69) is 15.3 Å². The average molecular weight is 389 g/mol. The van der Waals surface area contributed by atoms with Crippen LogP contribution in [0.15, 0.2) is 76.1 Å². The fraction of sp³-hybridized carbons (Fsp3) is 0.0455. The number of benzene rings is 2. The Labute approximate surface area is 165 Å². The van der Waals surface area contributed by atoms with Crippen molar-refractivity contribution in [3.8, 4) is 5.75 Å². The number of aryl methyl sites for hydroxylation is 1. The molecule has 7 heteroatoms. The first-order valence-corrected chi connectivity index (χ1v) is 8.80. The van der Waals surface area contributed by atoms with Crippen LogP contribution in [0, 0.1) is 12.7 Å². The third-order valence-corrected chi connectivity index (χ3v) is 4.17. The molecule has 0 bridgehead atoms. The number of pyridine rings is 1. The van der Waals surface area contributed by atoms with E-state index in [1.165, 1.54) is 36.4 Å². The van der Waals surface area contributed by atoms with E-state index in [1.54, 1.807) is 24.3 Å². The number of nitrogens with zero attached hydrogens (tertiary/aromatic N) is 2. The summed E-state index contributed by atoms with van der Waals surface area (Å²) in [4.78, 5) is 21.5. The summed E-state index contributed by atoms with van der Waals surface area (Å²) in [6, 6.07) is 17.0. The van der Waals surface area contributed by atoms with Gasteiger partial charge in [-0.25, -0.2) is 14.4 Å². The number of carbonyl (C=O) groups excluding carboxylic acids is 1. The van der Waals surface area contributed by atoms with Crippen LogP contribution in [-0.4, -0.2) is 16.0 Å². The second-order valence-electron chi connectivity index (χ2n) is 6.39. The summed E-state index contributed by atoms with van der Waals surface area (Å²) in [5.74, 6) is -0.431. The maximum Gasteiger partial charge on any atom is 0.262 e. The van der Waals surface area contributed by atoms with Crippen LogP contribution < -0.4 is 10.9 Å². The van der Waals surface area contributed by atoms with E-state index in [1.807, 2.05) is 13.0 Å². The Morgan fingerprint density at radius 2 is 1.90 bits per heavy atom. The molecule has 0 fully saturated rings. The molecule has 0 saturated carbocycles. The van der Waals surface area contributed by atoms with E-state index >= 15 is 0 Å². The monoisotopic (exact) mass is 389 g/mol. The number of nitrogens with one attached hydrogen (secondary N) is 1. The highest BCUT2D eigenvalue weighted by Crippen LogP contribution is 2.20. The molecular weight excluding hydrogens is 373 g/mol. The standard InChI is InChI=1S/C22H16FN3O3/c1-13-3-2-4-20(24-13)26-21(28)18-11-14-5-10-17(27)12-19(14)29-22(18)25-16-8-6-15(23)7-9-16/h2-12,27H,1H3,(H,24,26,28). The molecule has 2 aromatic heterocycles. The van der Waals surface area contributed by atoms with Crippen molar-refractivity contribution < 1.29 is 18.7 Å². The zero-order valence-electron chi connectivity index (χ0n) is 15.4. The molecule has 0 aliphatic heterocycles. The van der Waals surface area contributed by atoms with Crippen molar-refractivity contribution in [1.82, 2.24) is 4.98 Å². The summed E-state index contributed by atoms with van der Waals surface area (Å²) in [6.45, 7) is 1.82. The minimum Gasteiger partial charge on any atom is -0.508 e. The lowest BCUT2D eigenvalue weighted by molar-refractivity contribution is 0.102. The number of anilines is 1. The molecule has 0 radical (unpaired) electrons. The van der Waals surface area contributed by atoms with Crippen molar-refractivity contribution >= 4 is 28.4 Å². The molecule has 0 saturated heterocycles. The Hall–Kier alpha value is -4.00. The third-order valence-electron chi connectivity index (χ3n) is 4.17. The van der Waals surface area contributed by atoms with E-state index in [0.717, 1.165) is 5.69 Å². The van der Waals surface area contributed by atoms with Gasteiger partial charge in [0.05, 0.1) is 5.69 Å². The van der Waals surface area contributed by atoms with E-state index < -0.39 is 11.7 Å². The molecule has 6 nitrogen and oxygen atoms in total. The van der Waals surface area contributed by atoms with Crippen LogP contribution >= 0.6 is 0 Å². The Morgan fingerprint density at radius 1 is 1.10 bits per heavy atom. The molecule has 0 atom stereocenters. The molecule has 29 heavy (non-hydrogen) atoms. The summed E-state index contributed by atoms with van der Waals surface area (Å²) in [6.07, 6.45) is 0. The zero-order chi connectivity index (χ0) is 20.4. The van der Waals surface area contributed by atoms with Crippen LogP contribution in [0.2, 0.25) is 0 Å². The first-order valence-electron chi connectivity index (χ1n) is 8.80. The number of aromatic hydroxyl groups is 1. The zero-order valence-corrected chi connectivity index (χ0v) is 15.4. The lowest BCUT2D eigenvalue weighted by atomic mass is 10.1. The van der Waals surface area contributed by atoms with Gasteiger partial charge in [0.1, 0.15) is 28.5 Å². The average Bonchev–Trinajstić information content (AvgIpc) is 2.69. The van der Waals surface area contributed by atoms with Crippen molar-refractivity contribution in [3.05, 3.63) is 89.4 Å². The largest absolute Gasteiger partial charge is 0.508 e. The van der Waals surface area contributed by atoms with E-state index in [9.17, 15) is 14.3 Å². The van der Waals surface area contributed by atoms with Gasteiger partial charge in [-0.05, 0) is 61.5 Å². The third kappa shape index (κ3) is 4.14. The second-order valence-corrected chi connectivity index (χ2v) is 6.39. The number of hydrogen-bond acceptors (Lipinski definition) is 5. The molecule has 4 rings (SSSR count). The summed E-state index contributed by atoms with van der Waals surface area (Å²) in [7, 11) is 0. The fourth-order valence-corrected chi connectivity index (χ4v) is 2.78. The highest BCUT2D eigenvalue weighted by Gasteiger charge is 2.14. The number of carbonyl (C=O) groups is 1. The number of amides is 1. The molecule has 144 valence electrons. The van der Waals surface area contributed by atoms with Crippen LogP contribution in [0.1, 0.15) is 16.1 Å². The number of hydrogen-bond donors (Lipinski definition) is 2. The van der Waals surface area contributed by atoms with E-state index in [0.29, 0.717) is 22.5 Å². The number of aromatic nitrogens is 1. The van der Waals surface area contributed by atoms with Crippen LogP contribution in [0.25, 0.3) is 11.0 Å². The lowest BCUT2D eigenvalue weighted by Crippen LogP contribution is -2.22. The van der Waals surface area contributed by atoms with Gasteiger partial charge in [-0.2, -0.15) is 0 Å². The van der Waals surface area contributed by atoms with Crippen LogP contribution in [0.5, 0.6) is 5.75 Å².